The van der Waals surface area contributed by atoms with Gasteiger partial charge in [-0.2, -0.15) is 0 Å². The second-order valence-corrected chi connectivity index (χ2v) is 5.22. The lowest BCUT2D eigenvalue weighted by Crippen LogP contribution is -2.52. The number of rotatable bonds is 3. The van der Waals surface area contributed by atoms with Gasteiger partial charge in [-0.1, -0.05) is 24.3 Å². The number of carboxylic acid groups (broad SMARTS) is 1. The number of amides is 1. The number of hydrogen-bond acceptors (Lipinski definition) is 4. The van der Waals surface area contributed by atoms with E-state index in [2.05, 4.69) is 4.98 Å². The number of carbonyl (C=O) groups is 2. The Bertz CT molecular complexity index is 767. The molecule has 0 bridgehead atoms. The van der Waals surface area contributed by atoms with E-state index in [1.54, 1.807) is 12.3 Å². The molecule has 23 heavy (non-hydrogen) atoms. The summed E-state index contributed by atoms with van der Waals surface area (Å²) in [6.45, 7) is 0.637. The predicted molar refractivity (Wildman–Crippen MR) is 84.7 cm³/mol. The number of carboxylic acids is 1. The van der Waals surface area contributed by atoms with Crippen LogP contribution in [0.15, 0.2) is 42.6 Å². The largest absolute Gasteiger partial charge is 0.480 e. The Hall–Kier alpha value is -2.73. The Morgan fingerprint density at radius 3 is 2.96 bits per heavy atom. The molecule has 6 nitrogen and oxygen atoms in total. The maximum atomic E-state index is 12.3. The molecule has 1 aromatic heterocycles. The zero-order valence-electron chi connectivity index (χ0n) is 12.4. The van der Waals surface area contributed by atoms with Crippen molar-refractivity contribution in [2.45, 2.75) is 6.04 Å². The number of morpholine rings is 1. The minimum atomic E-state index is -1.06. The van der Waals surface area contributed by atoms with Gasteiger partial charge in [-0.3, -0.25) is 9.78 Å². The smallest absolute Gasteiger partial charge is 0.328 e. The lowest BCUT2D eigenvalue weighted by molar-refractivity contribution is -0.156. The number of fused-ring (bicyclic) bond motifs is 1. The molecule has 0 aliphatic carbocycles. The highest BCUT2D eigenvalue weighted by Crippen LogP contribution is 2.17. The van der Waals surface area contributed by atoms with E-state index in [1.165, 1.54) is 11.0 Å². The first-order valence-electron chi connectivity index (χ1n) is 7.30. The molecule has 2 heterocycles. The van der Waals surface area contributed by atoms with Crippen molar-refractivity contribution in [3.8, 4) is 0 Å². The SMILES string of the molecule is O=C(O)C1COCCN1C(=O)/C=C/c1cccc2cccnc12. The molecule has 0 saturated carbocycles. The van der Waals surface area contributed by atoms with Crippen molar-refractivity contribution < 1.29 is 19.4 Å². The zero-order chi connectivity index (χ0) is 16.2. The summed E-state index contributed by atoms with van der Waals surface area (Å²) >= 11 is 0. The fraction of sp³-hybridized carbons (Fsp3) is 0.235. The second kappa shape index (κ2) is 6.58. The zero-order valence-corrected chi connectivity index (χ0v) is 12.4. The summed E-state index contributed by atoms with van der Waals surface area (Å²) in [5, 5.41) is 10.2. The van der Waals surface area contributed by atoms with Gasteiger partial charge in [0, 0.05) is 29.8 Å². The van der Waals surface area contributed by atoms with Crippen LogP contribution >= 0.6 is 0 Å². The number of para-hydroxylation sites is 1. The van der Waals surface area contributed by atoms with Crippen molar-refractivity contribution >= 4 is 28.9 Å². The van der Waals surface area contributed by atoms with E-state index in [4.69, 9.17) is 4.74 Å². The molecule has 6 heteroatoms. The molecule has 1 fully saturated rings. The third-order valence-electron chi connectivity index (χ3n) is 3.77. The summed E-state index contributed by atoms with van der Waals surface area (Å²) in [6.07, 6.45) is 4.76. The van der Waals surface area contributed by atoms with Gasteiger partial charge in [0.2, 0.25) is 5.91 Å². The fourth-order valence-electron chi connectivity index (χ4n) is 2.59. The second-order valence-electron chi connectivity index (χ2n) is 5.22. The monoisotopic (exact) mass is 312 g/mol. The van der Waals surface area contributed by atoms with Gasteiger partial charge >= 0.3 is 5.97 Å². The Labute approximate surface area is 133 Å². The van der Waals surface area contributed by atoms with Gasteiger partial charge in [0.25, 0.3) is 0 Å². The number of aliphatic carboxylic acids is 1. The molecule has 1 aliphatic rings. The minimum absolute atomic E-state index is 0.0186. The summed E-state index contributed by atoms with van der Waals surface area (Å²) in [4.78, 5) is 29.2. The van der Waals surface area contributed by atoms with E-state index in [0.29, 0.717) is 6.61 Å². The van der Waals surface area contributed by atoms with Gasteiger partial charge < -0.3 is 14.7 Å². The van der Waals surface area contributed by atoms with Crippen LogP contribution in [0, 0.1) is 0 Å². The van der Waals surface area contributed by atoms with Crippen LogP contribution in [0.2, 0.25) is 0 Å². The topological polar surface area (TPSA) is 79.7 Å². The Balaban J connectivity index is 1.83. The van der Waals surface area contributed by atoms with E-state index in [1.807, 2.05) is 30.3 Å². The Morgan fingerprint density at radius 1 is 1.30 bits per heavy atom. The lowest BCUT2D eigenvalue weighted by atomic mass is 10.1. The number of carbonyl (C=O) groups excluding carboxylic acids is 1. The first-order chi connectivity index (χ1) is 11.2. The van der Waals surface area contributed by atoms with Crippen LogP contribution in [0.1, 0.15) is 5.56 Å². The minimum Gasteiger partial charge on any atom is -0.480 e. The molecule has 0 radical (unpaired) electrons. The number of hydrogen-bond donors (Lipinski definition) is 1. The summed E-state index contributed by atoms with van der Waals surface area (Å²) < 4.78 is 5.14. The highest BCUT2D eigenvalue weighted by Gasteiger charge is 2.31. The molecule has 3 rings (SSSR count). The van der Waals surface area contributed by atoms with Crippen LogP contribution in [0.5, 0.6) is 0 Å². The van der Waals surface area contributed by atoms with Gasteiger partial charge in [-0.15, -0.1) is 0 Å². The third-order valence-corrected chi connectivity index (χ3v) is 3.77. The predicted octanol–water partition coefficient (Wildman–Crippen LogP) is 1.56. The maximum Gasteiger partial charge on any atom is 0.328 e. The lowest BCUT2D eigenvalue weighted by Gasteiger charge is -2.32. The van der Waals surface area contributed by atoms with Gasteiger partial charge in [-0.05, 0) is 12.1 Å². The van der Waals surface area contributed by atoms with Gasteiger partial charge in [-0.25, -0.2) is 4.79 Å². The average Bonchev–Trinajstić information content (AvgIpc) is 2.59. The molecule has 2 aromatic rings. The van der Waals surface area contributed by atoms with Crippen LogP contribution in [0.4, 0.5) is 0 Å². The van der Waals surface area contributed by atoms with Gasteiger partial charge in [0.1, 0.15) is 0 Å². The number of nitrogens with zero attached hydrogens (tertiary/aromatic N) is 2. The Kier molecular flexibility index (Phi) is 4.34. The molecule has 1 unspecified atom stereocenters. The first kappa shape index (κ1) is 15.2. The number of benzene rings is 1. The van der Waals surface area contributed by atoms with Crippen molar-refractivity contribution in [1.29, 1.82) is 0 Å². The first-order valence-corrected chi connectivity index (χ1v) is 7.30. The highest BCUT2D eigenvalue weighted by molar-refractivity contribution is 5.97. The molecule has 0 spiro atoms. The fourth-order valence-corrected chi connectivity index (χ4v) is 2.59. The van der Waals surface area contributed by atoms with E-state index in [-0.39, 0.29) is 19.1 Å². The average molecular weight is 312 g/mol. The van der Waals surface area contributed by atoms with Crippen LogP contribution in [-0.2, 0) is 14.3 Å². The summed E-state index contributed by atoms with van der Waals surface area (Å²) in [5.41, 5.74) is 1.62. The van der Waals surface area contributed by atoms with E-state index >= 15 is 0 Å². The van der Waals surface area contributed by atoms with E-state index in [0.717, 1.165) is 16.5 Å². The number of ether oxygens (including phenoxy) is 1. The quantitative estimate of drug-likeness (QED) is 0.870. The molecule has 1 aromatic carbocycles. The molecule has 118 valence electrons. The summed E-state index contributed by atoms with van der Waals surface area (Å²) in [7, 11) is 0. The van der Waals surface area contributed by atoms with Crippen LogP contribution < -0.4 is 0 Å². The number of pyridine rings is 1. The highest BCUT2D eigenvalue weighted by atomic mass is 16.5. The van der Waals surface area contributed by atoms with Crippen LogP contribution in [0.3, 0.4) is 0 Å². The molecule has 1 atom stereocenters. The molecule has 1 N–H and O–H groups in total. The van der Waals surface area contributed by atoms with Gasteiger partial charge in [0.05, 0.1) is 18.7 Å². The van der Waals surface area contributed by atoms with Crippen molar-refractivity contribution in [3.05, 3.63) is 48.2 Å². The van der Waals surface area contributed by atoms with Crippen molar-refractivity contribution in [1.82, 2.24) is 9.88 Å². The van der Waals surface area contributed by atoms with E-state index in [9.17, 15) is 14.7 Å². The third kappa shape index (κ3) is 3.22. The molecule has 1 saturated heterocycles. The Morgan fingerprint density at radius 2 is 2.13 bits per heavy atom. The van der Waals surface area contributed by atoms with Crippen LogP contribution in [-0.4, -0.2) is 52.7 Å². The van der Waals surface area contributed by atoms with Crippen molar-refractivity contribution in [3.63, 3.8) is 0 Å². The molecule has 1 aliphatic heterocycles. The number of aromatic nitrogens is 1. The van der Waals surface area contributed by atoms with Crippen molar-refractivity contribution in [2.24, 2.45) is 0 Å². The van der Waals surface area contributed by atoms with Crippen LogP contribution in [0.25, 0.3) is 17.0 Å². The normalized spacial score (nSPS) is 18.4. The standard InChI is InChI=1S/C17H16N2O4/c20-15(19-9-10-23-11-14(19)17(21)22)7-6-13-4-1-3-12-5-2-8-18-16(12)13/h1-8,14H,9-11H2,(H,21,22)/b7-6+. The van der Waals surface area contributed by atoms with Gasteiger partial charge in [0.15, 0.2) is 6.04 Å². The maximum absolute atomic E-state index is 12.3. The summed E-state index contributed by atoms with van der Waals surface area (Å²) in [6, 6.07) is 8.57. The van der Waals surface area contributed by atoms with E-state index < -0.39 is 12.0 Å². The summed E-state index contributed by atoms with van der Waals surface area (Å²) in [5.74, 6) is -1.40. The molecule has 1 amide bonds. The van der Waals surface area contributed by atoms with Crippen molar-refractivity contribution in [2.75, 3.05) is 19.8 Å². The molecular formula is C17H16N2O4. The molecular weight excluding hydrogens is 296 g/mol.